The molecular formula is C13H19N5S2. The Hall–Kier alpha value is -0.890. The van der Waals surface area contributed by atoms with E-state index >= 15 is 0 Å². The molecule has 1 fully saturated rings. The van der Waals surface area contributed by atoms with E-state index in [-0.39, 0.29) is 0 Å². The van der Waals surface area contributed by atoms with E-state index in [9.17, 15) is 0 Å². The molecule has 2 aromatic rings. The summed E-state index contributed by atoms with van der Waals surface area (Å²) < 4.78 is 3.96. The Bertz CT molecular complexity index is 519. The monoisotopic (exact) mass is 309 g/mol. The predicted molar refractivity (Wildman–Crippen MR) is 81.9 cm³/mol. The van der Waals surface area contributed by atoms with Crippen LogP contribution in [-0.2, 0) is 13.1 Å². The first-order valence-electron chi connectivity index (χ1n) is 6.89. The van der Waals surface area contributed by atoms with Gasteiger partial charge in [-0.2, -0.15) is 0 Å². The quantitative estimate of drug-likeness (QED) is 0.883. The average molecular weight is 309 g/mol. The topological polar surface area (TPSA) is 53.9 Å². The van der Waals surface area contributed by atoms with Gasteiger partial charge < -0.3 is 5.32 Å². The number of hydrogen-bond donors (Lipinski definition) is 1. The van der Waals surface area contributed by atoms with Gasteiger partial charge in [-0.05, 0) is 43.9 Å². The number of rotatable bonds is 6. The molecular weight excluding hydrogens is 290 g/mol. The van der Waals surface area contributed by atoms with Crippen LogP contribution in [0, 0.1) is 12.8 Å². The van der Waals surface area contributed by atoms with Crippen LogP contribution < -0.4 is 5.32 Å². The Morgan fingerprint density at radius 3 is 3.05 bits per heavy atom. The van der Waals surface area contributed by atoms with Crippen molar-refractivity contribution in [3.05, 3.63) is 27.2 Å². The van der Waals surface area contributed by atoms with Gasteiger partial charge in [0, 0.05) is 29.9 Å². The molecule has 3 rings (SSSR count). The lowest BCUT2D eigenvalue weighted by atomic mass is 10.1. The van der Waals surface area contributed by atoms with Gasteiger partial charge in [-0.1, -0.05) is 4.49 Å². The molecule has 0 amide bonds. The molecule has 7 heteroatoms. The van der Waals surface area contributed by atoms with Crippen LogP contribution in [0.4, 0.5) is 0 Å². The highest BCUT2D eigenvalue weighted by molar-refractivity contribution is 7.09. The van der Waals surface area contributed by atoms with Gasteiger partial charge in [-0.3, -0.25) is 4.90 Å². The summed E-state index contributed by atoms with van der Waals surface area (Å²) in [6, 6.07) is 0. The van der Waals surface area contributed by atoms with Crippen LogP contribution in [0.3, 0.4) is 0 Å². The average Bonchev–Trinajstić information content (AvgIpc) is 3.15. The Kier molecular flexibility index (Phi) is 4.72. The summed E-state index contributed by atoms with van der Waals surface area (Å²) in [4.78, 5) is 8.19. The van der Waals surface area contributed by atoms with E-state index in [1.165, 1.54) is 22.8 Å². The van der Waals surface area contributed by atoms with Crippen molar-refractivity contribution in [1.29, 1.82) is 0 Å². The van der Waals surface area contributed by atoms with E-state index in [4.69, 9.17) is 0 Å². The number of aromatic nitrogens is 3. The summed E-state index contributed by atoms with van der Waals surface area (Å²) in [7, 11) is 0. The summed E-state index contributed by atoms with van der Waals surface area (Å²) in [6.45, 7) is 7.33. The first-order valence-corrected chi connectivity index (χ1v) is 8.61. The van der Waals surface area contributed by atoms with Crippen LogP contribution in [0.25, 0.3) is 0 Å². The lowest BCUT2D eigenvalue weighted by Gasteiger charge is -2.24. The third-order valence-electron chi connectivity index (χ3n) is 3.68. The molecule has 1 aliphatic heterocycles. The SMILES string of the molecule is Cc1ncsc1CN(Cc1csnn1)C[C@H]1CCNC1. The first kappa shape index (κ1) is 14.1. The molecule has 0 spiro atoms. The van der Waals surface area contributed by atoms with E-state index < -0.39 is 0 Å². The van der Waals surface area contributed by atoms with Crippen LogP contribution in [0.2, 0.25) is 0 Å². The van der Waals surface area contributed by atoms with E-state index in [0.29, 0.717) is 0 Å². The molecule has 2 aromatic heterocycles. The van der Waals surface area contributed by atoms with Crippen molar-refractivity contribution in [2.24, 2.45) is 5.92 Å². The zero-order chi connectivity index (χ0) is 13.8. The lowest BCUT2D eigenvalue weighted by molar-refractivity contribution is 0.219. The number of aryl methyl sites for hydroxylation is 1. The maximum absolute atomic E-state index is 4.35. The maximum Gasteiger partial charge on any atom is 0.0895 e. The normalized spacial score (nSPS) is 19.0. The minimum atomic E-state index is 0.745. The van der Waals surface area contributed by atoms with Gasteiger partial charge >= 0.3 is 0 Å². The molecule has 108 valence electrons. The molecule has 0 bridgehead atoms. The standard InChI is InChI=1S/C13H19N5S2/c1-10-13(19-9-15-10)7-18(5-11-2-3-14-4-11)6-12-8-20-17-16-12/h8-9,11,14H,2-7H2,1H3/t11-/m0/s1. The second-order valence-electron chi connectivity index (χ2n) is 5.29. The van der Waals surface area contributed by atoms with Gasteiger partial charge in [-0.25, -0.2) is 4.98 Å². The van der Waals surface area contributed by atoms with Crippen LogP contribution in [0.5, 0.6) is 0 Å². The molecule has 1 aliphatic rings. The number of nitrogens with one attached hydrogen (secondary N) is 1. The van der Waals surface area contributed by atoms with E-state index in [1.807, 2.05) is 10.9 Å². The van der Waals surface area contributed by atoms with E-state index in [0.717, 1.165) is 50.0 Å². The van der Waals surface area contributed by atoms with Crippen LogP contribution in [0.1, 0.15) is 22.7 Å². The zero-order valence-corrected chi connectivity index (χ0v) is 13.2. The minimum Gasteiger partial charge on any atom is -0.316 e. The summed E-state index contributed by atoms with van der Waals surface area (Å²) in [5.74, 6) is 0.745. The Morgan fingerprint density at radius 1 is 1.45 bits per heavy atom. The van der Waals surface area contributed by atoms with Gasteiger partial charge in [0.25, 0.3) is 0 Å². The van der Waals surface area contributed by atoms with Crippen molar-refractivity contribution in [3.63, 3.8) is 0 Å². The summed E-state index contributed by atoms with van der Waals surface area (Å²) in [5, 5.41) is 9.67. The summed E-state index contributed by atoms with van der Waals surface area (Å²) >= 11 is 3.17. The second-order valence-corrected chi connectivity index (χ2v) is 6.83. The fourth-order valence-electron chi connectivity index (χ4n) is 2.58. The van der Waals surface area contributed by atoms with Crippen LogP contribution >= 0.6 is 22.9 Å². The molecule has 0 aliphatic carbocycles. The molecule has 1 saturated heterocycles. The fourth-order valence-corrected chi connectivity index (χ4v) is 3.84. The first-order chi connectivity index (χ1) is 9.81. The zero-order valence-electron chi connectivity index (χ0n) is 11.6. The Labute approximate surface area is 127 Å². The molecule has 3 heterocycles. The van der Waals surface area contributed by atoms with E-state index in [1.54, 1.807) is 11.3 Å². The van der Waals surface area contributed by atoms with Crippen LogP contribution in [0.15, 0.2) is 10.9 Å². The number of hydrogen-bond acceptors (Lipinski definition) is 7. The van der Waals surface area contributed by atoms with Gasteiger partial charge in [-0.15, -0.1) is 16.4 Å². The van der Waals surface area contributed by atoms with Gasteiger partial charge in [0.2, 0.25) is 0 Å². The largest absolute Gasteiger partial charge is 0.316 e. The molecule has 20 heavy (non-hydrogen) atoms. The van der Waals surface area contributed by atoms with Crippen molar-refractivity contribution in [2.75, 3.05) is 19.6 Å². The van der Waals surface area contributed by atoms with Crippen molar-refractivity contribution in [1.82, 2.24) is 24.8 Å². The Balaban J connectivity index is 1.67. The molecule has 0 aromatic carbocycles. The molecule has 1 N–H and O–H groups in total. The van der Waals surface area contributed by atoms with Crippen molar-refractivity contribution < 1.29 is 0 Å². The van der Waals surface area contributed by atoms with Crippen LogP contribution in [-0.4, -0.2) is 39.1 Å². The fraction of sp³-hybridized carbons (Fsp3) is 0.615. The smallest absolute Gasteiger partial charge is 0.0895 e. The maximum atomic E-state index is 4.35. The molecule has 5 nitrogen and oxygen atoms in total. The van der Waals surface area contributed by atoms with Gasteiger partial charge in [0.05, 0.1) is 16.9 Å². The van der Waals surface area contributed by atoms with Crippen molar-refractivity contribution >= 4 is 22.9 Å². The highest BCUT2D eigenvalue weighted by Crippen LogP contribution is 2.19. The van der Waals surface area contributed by atoms with Crippen molar-refractivity contribution in [3.8, 4) is 0 Å². The minimum absolute atomic E-state index is 0.745. The summed E-state index contributed by atoms with van der Waals surface area (Å²) in [6.07, 6.45) is 1.27. The second kappa shape index (κ2) is 6.71. The predicted octanol–water partition coefficient (Wildman–Crippen LogP) is 1.91. The summed E-state index contributed by atoms with van der Waals surface area (Å²) in [5.41, 5.74) is 4.16. The third kappa shape index (κ3) is 3.60. The van der Waals surface area contributed by atoms with Gasteiger partial charge in [0.1, 0.15) is 0 Å². The highest BCUT2D eigenvalue weighted by Gasteiger charge is 2.20. The lowest BCUT2D eigenvalue weighted by Crippen LogP contribution is -2.30. The molecule has 0 radical (unpaired) electrons. The number of nitrogens with zero attached hydrogens (tertiary/aromatic N) is 4. The molecule has 1 atom stereocenters. The molecule has 0 saturated carbocycles. The number of thiazole rings is 1. The third-order valence-corrected chi connectivity index (χ3v) is 5.15. The van der Waals surface area contributed by atoms with E-state index in [2.05, 4.69) is 31.7 Å². The van der Waals surface area contributed by atoms with Crippen molar-refractivity contribution in [2.45, 2.75) is 26.4 Å². The Morgan fingerprint density at radius 2 is 2.40 bits per heavy atom. The molecule has 0 unspecified atom stereocenters. The highest BCUT2D eigenvalue weighted by atomic mass is 32.1. The van der Waals surface area contributed by atoms with Gasteiger partial charge in [0.15, 0.2) is 0 Å².